The van der Waals surface area contributed by atoms with E-state index in [0.29, 0.717) is 0 Å². The van der Waals surface area contributed by atoms with Crippen molar-refractivity contribution in [1.29, 1.82) is 0 Å². The van der Waals surface area contributed by atoms with Crippen molar-refractivity contribution >= 4 is 23.1 Å². The zero-order valence-corrected chi connectivity index (χ0v) is 16.8. The molecule has 2 heterocycles. The number of benzene rings is 2. The average molecular weight is 390 g/mol. The lowest BCUT2D eigenvalue weighted by molar-refractivity contribution is 0.935. The molecule has 0 radical (unpaired) electrons. The van der Waals surface area contributed by atoms with Crippen molar-refractivity contribution in [3.05, 3.63) is 83.6 Å². The van der Waals surface area contributed by atoms with Gasteiger partial charge >= 0.3 is 0 Å². The van der Waals surface area contributed by atoms with E-state index in [9.17, 15) is 0 Å². The van der Waals surface area contributed by atoms with Crippen LogP contribution >= 0.6 is 23.1 Å². The molecule has 0 aliphatic rings. The van der Waals surface area contributed by atoms with Crippen molar-refractivity contribution in [3.8, 4) is 21.1 Å². The fraction of sp³-hybridized carbons (Fsp3) is 0.136. The van der Waals surface area contributed by atoms with Gasteiger partial charge in [-0.05, 0) is 37.1 Å². The minimum atomic E-state index is 0.882. The molecule has 0 aliphatic heterocycles. The minimum absolute atomic E-state index is 0.882. The second kappa shape index (κ2) is 8.03. The Kier molecular flexibility index (Phi) is 5.32. The first-order chi connectivity index (χ1) is 13.2. The quantitative estimate of drug-likeness (QED) is 0.382. The van der Waals surface area contributed by atoms with Crippen LogP contribution in [-0.2, 0) is 5.75 Å². The van der Waals surface area contributed by atoms with Gasteiger partial charge in [-0.1, -0.05) is 66.4 Å². The van der Waals surface area contributed by atoms with Gasteiger partial charge in [0.1, 0.15) is 15.7 Å². The Morgan fingerprint density at radius 2 is 1.63 bits per heavy atom. The summed E-state index contributed by atoms with van der Waals surface area (Å²) in [5, 5.41) is 10.8. The largest absolute Gasteiger partial charge is 0.241 e. The van der Waals surface area contributed by atoms with E-state index in [2.05, 4.69) is 53.5 Å². The third kappa shape index (κ3) is 4.10. The maximum atomic E-state index is 4.71. The van der Waals surface area contributed by atoms with Gasteiger partial charge in [0.2, 0.25) is 0 Å². The number of thioether (sulfide) groups is 1. The van der Waals surface area contributed by atoms with Crippen LogP contribution in [0, 0.1) is 13.8 Å². The van der Waals surface area contributed by atoms with Crippen LogP contribution in [0.25, 0.3) is 21.1 Å². The number of nitrogens with zero attached hydrogens (tertiary/aromatic N) is 3. The molecular formula is C22H19N3S2. The lowest BCUT2D eigenvalue weighted by Crippen LogP contribution is -1.91. The number of hydrogen-bond acceptors (Lipinski definition) is 5. The van der Waals surface area contributed by atoms with Gasteiger partial charge in [0.25, 0.3) is 0 Å². The smallest absolute Gasteiger partial charge is 0.124 e. The van der Waals surface area contributed by atoms with Gasteiger partial charge in [0, 0.05) is 11.3 Å². The molecule has 5 heteroatoms. The van der Waals surface area contributed by atoms with Crippen molar-refractivity contribution in [3.63, 3.8) is 0 Å². The van der Waals surface area contributed by atoms with Crippen molar-refractivity contribution < 1.29 is 0 Å². The van der Waals surface area contributed by atoms with Gasteiger partial charge in [-0.3, -0.25) is 0 Å². The fourth-order valence-electron chi connectivity index (χ4n) is 2.78. The van der Waals surface area contributed by atoms with Crippen LogP contribution in [0.5, 0.6) is 0 Å². The molecule has 0 fully saturated rings. The summed E-state index contributed by atoms with van der Waals surface area (Å²) in [5.74, 6) is 0.901. The monoisotopic (exact) mass is 389 g/mol. The summed E-state index contributed by atoms with van der Waals surface area (Å²) in [6.07, 6.45) is 0. The first-order valence-electron chi connectivity index (χ1n) is 8.75. The molecule has 0 saturated carbocycles. The molecule has 3 nitrogen and oxygen atoms in total. The number of thiazole rings is 1. The molecule has 0 atom stereocenters. The Morgan fingerprint density at radius 3 is 2.37 bits per heavy atom. The molecule has 4 aromatic rings. The summed E-state index contributed by atoms with van der Waals surface area (Å²) < 4.78 is 0. The van der Waals surface area contributed by atoms with E-state index in [1.165, 1.54) is 11.1 Å². The Hall–Kier alpha value is -2.50. The van der Waals surface area contributed by atoms with E-state index in [1.807, 2.05) is 37.3 Å². The van der Waals surface area contributed by atoms with Crippen LogP contribution in [0.1, 0.15) is 16.8 Å². The first-order valence-corrected chi connectivity index (χ1v) is 10.5. The zero-order chi connectivity index (χ0) is 18.6. The van der Waals surface area contributed by atoms with Crippen molar-refractivity contribution in [2.75, 3.05) is 0 Å². The molecular weight excluding hydrogens is 370 g/mol. The molecule has 0 saturated heterocycles. The van der Waals surface area contributed by atoms with E-state index in [1.54, 1.807) is 23.1 Å². The first kappa shape index (κ1) is 17.9. The maximum Gasteiger partial charge on any atom is 0.124 e. The predicted octanol–water partition coefficient (Wildman–Crippen LogP) is 6.18. The molecule has 0 unspecified atom stereocenters. The number of hydrogen-bond donors (Lipinski definition) is 0. The topological polar surface area (TPSA) is 38.7 Å². The number of aromatic nitrogens is 3. The molecule has 134 valence electrons. The van der Waals surface area contributed by atoms with E-state index in [0.717, 1.165) is 37.6 Å². The van der Waals surface area contributed by atoms with Crippen LogP contribution in [-0.4, -0.2) is 15.2 Å². The van der Waals surface area contributed by atoms with Crippen LogP contribution in [0.15, 0.2) is 71.8 Å². The normalized spacial score (nSPS) is 10.9. The van der Waals surface area contributed by atoms with E-state index in [-0.39, 0.29) is 0 Å². The second-order valence-electron chi connectivity index (χ2n) is 6.27. The van der Waals surface area contributed by atoms with Crippen molar-refractivity contribution in [2.45, 2.75) is 24.6 Å². The molecule has 0 amide bonds. The molecule has 27 heavy (non-hydrogen) atoms. The van der Waals surface area contributed by atoms with E-state index in [4.69, 9.17) is 4.98 Å². The van der Waals surface area contributed by atoms with Gasteiger partial charge in [0.05, 0.1) is 10.6 Å². The lowest BCUT2D eigenvalue weighted by Gasteiger charge is -2.05. The summed E-state index contributed by atoms with van der Waals surface area (Å²) in [4.78, 5) is 5.79. The second-order valence-corrected chi connectivity index (χ2v) is 8.27. The van der Waals surface area contributed by atoms with Gasteiger partial charge in [-0.2, -0.15) is 0 Å². The number of rotatable bonds is 5. The molecule has 0 spiro atoms. The summed E-state index contributed by atoms with van der Waals surface area (Å²) in [6.45, 7) is 4.17. The summed E-state index contributed by atoms with van der Waals surface area (Å²) >= 11 is 3.38. The maximum absolute atomic E-state index is 4.71. The average Bonchev–Trinajstić information content (AvgIpc) is 3.10. The van der Waals surface area contributed by atoms with Crippen LogP contribution < -0.4 is 0 Å². The summed E-state index contributed by atoms with van der Waals surface area (Å²) in [5.41, 5.74) is 5.65. The highest BCUT2D eigenvalue weighted by atomic mass is 32.2. The van der Waals surface area contributed by atoms with Crippen molar-refractivity contribution in [2.24, 2.45) is 0 Å². The predicted molar refractivity (Wildman–Crippen MR) is 114 cm³/mol. The molecule has 0 bridgehead atoms. The highest BCUT2D eigenvalue weighted by molar-refractivity contribution is 7.98. The highest BCUT2D eigenvalue weighted by Gasteiger charge is 2.13. The van der Waals surface area contributed by atoms with Gasteiger partial charge in [-0.15, -0.1) is 21.5 Å². The Balaban J connectivity index is 1.51. The van der Waals surface area contributed by atoms with Gasteiger partial charge < -0.3 is 0 Å². The Labute approximate surface area is 167 Å². The molecule has 0 N–H and O–H groups in total. The standard InChI is InChI=1S/C22H19N3S2/c1-15-8-6-7-11-18(15)14-26-20-13-12-19(24-25-20)21-16(2)23-22(27-21)17-9-4-3-5-10-17/h3-13H,14H2,1-2H3. The van der Waals surface area contributed by atoms with Crippen LogP contribution in [0.2, 0.25) is 0 Å². The summed E-state index contributed by atoms with van der Waals surface area (Å²) in [6, 6.07) is 22.8. The lowest BCUT2D eigenvalue weighted by atomic mass is 10.1. The molecule has 4 rings (SSSR count). The Morgan fingerprint density at radius 1 is 0.852 bits per heavy atom. The third-order valence-corrected chi connectivity index (χ3v) is 6.52. The molecule has 2 aromatic carbocycles. The third-order valence-electron chi connectivity index (χ3n) is 4.33. The van der Waals surface area contributed by atoms with Crippen molar-refractivity contribution in [1.82, 2.24) is 15.2 Å². The van der Waals surface area contributed by atoms with Crippen LogP contribution in [0.4, 0.5) is 0 Å². The minimum Gasteiger partial charge on any atom is -0.241 e. The fourth-order valence-corrected chi connectivity index (χ4v) is 4.71. The Bertz CT molecular complexity index is 1040. The number of aryl methyl sites for hydroxylation is 2. The highest BCUT2D eigenvalue weighted by Crippen LogP contribution is 2.34. The molecule has 0 aliphatic carbocycles. The molecule has 2 aromatic heterocycles. The zero-order valence-electron chi connectivity index (χ0n) is 15.2. The van der Waals surface area contributed by atoms with Gasteiger partial charge in [-0.25, -0.2) is 4.98 Å². The van der Waals surface area contributed by atoms with Crippen LogP contribution in [0.3, 0.4) is 0 Å². The summed E-state index contributed by atoms with van der Waals surface area (Å²) in [7, 11) is 0. The van der Waals surface area contributed by atoms with E-state index >= 15 is 0 Å². The van der Waals surface area contributed by atoms with Gasteiger partial charge in [0.15, 0.2) is 0 Å². The van der Waals surface area contributed by atoms with E-state index < -0.39 is 0 Å². The SMILES string of the molecule is Cc1ccccc1CSc1ccc(-c2sc(-c3ccccc3)nc2C)nn1.